The molecule has 0 saturated heterocycles. The van der Waals surface area contributed by atoms with Crippen molar-refractivity contribution in [1.29, 1.82) is 0 Å². The molecule has 100 valence electrons. The molecular formula is C14H17N3OS. The Morgan fingerprint density at radius 1 is 1.26 bits per heavy atom. The first kappa shape index (κ1) is 13.5. The predicted octanol–water partition coefficient (Wildman–Crippen LogP) is 2.68. The third-order valence-electron chi connectivity index (χ3n) is 2.58. The number of nitrogens with zero attached hydrogens (tertiary/aromatic N) is 1. The van der Waals surface area contributed by atoms with Crippen molar-refractivity contribution in [2.24, 2.45) is 0 Å². The van der Waals surface area contributed by atoms with Crippen molar-refractivity contribution >= 4 is 23.1 Å². The van der Waals surface area contributed by atoms with Crippen LogP contribution in [0.5, 0.6) is 0 Å². The van der Waals surface area contributed by atoms with Gasteiger partial charge in [0, 0.05) is 18.8 Å². The second kappa shape index (κ2) is 6.89. The molecule has 2 rings (SSSR count). The number of hydrogen-bond acceptors (Lipinski definition) is 4. The monoisotopic (exact) mass is 275 g/mol. The Labute approximate surface area is 116 Å². The van der Waals surface area contributed by atoms with Crippen LogP contribution in [0.15, 0.2) is 35.7 Å². The maximum atomic E-state index is 11.7. The zero-order chi connectivity index (χ0) is 13.5. The van der Waals surface area contributed by atoms with Gasteiger partial charge >= 0.3 is 0 Å². The summed E-state index contributed by atoms with van der Waals surface area (Å²) in [5, 5.41) is 8.03. The van der Waals surface area contributed by atoms with Crippen LogP contribution in [0.1, 0.15) is 21.8 Å². The molecule has 2 aromatic heterocycles. The first-order valence-corrected chi connectivity index (χ1v) is 7.13. The summed E-state index contributed by atoms with van der Waals surface area (Å²) >= 11 is 1.46. The van der Waals surface area contributed by atoms with E-state index < -0.39 is 0 Å². The lowest BCUT2D eigenvalue weighted by Crippen LogP contribution is -2.25. The molecule has 0 aliphatic heterocycles. The number of anilines is 1. The van der Waals surface area contributed by atoms with E-state index in [1.165, 1.54) is 11.3 Å². The molecule has 0 bridgehead atoms. The van der Waals surface area contributed by atoms with E-state index in [4.69, 9.17) is 0 Å². The molecular weight excluding hydrogens is 258 g/mol. The number of aryl methyl sites for hydroxylation is 1. The van der Waals surface area contributed by atoms with E-state index in [9.17, 15) is 4.79 Å². The third kappa shape index (κ3) is 4.37. The molecule has 19 heavy (non-hydrogen) atoms. The Kier molecular flexibility index (Phi) is 4.92. The minimum absolute atomic E-state index is 0.00341. The van der Waals surface area contributed by atoms with Crippen LogP contribution in [0.25, 0.3) is 0 Å². The third-order valence-corrected chi connectivity index (χ3v) is 3.45. The van der Waals surface area contributed by atoms with Crippen LogP contribution in [-0.4, -0.2) is 24.0 Å². The zero-order valence-electron chi connectivity index (χ0n) is 10.8. The minimum atomic E-state index is 0.00341. The number of rotatable bonds is 6. The second-order valence-corrected chi connectivity index (χ2v) is 5.13. The van der Waals surface area contributed by atoms with Gasteiger partial charge in [-0.1, -0.05) is 12.1 Å². The first-order valence-electron chi connectivity index (χ1n) is 6.25. The Balaban J connectivity index is 1.64. The molecule has 0 radical (unpaired) electrons. The van der Waals surface area contributed by atoms with Crippen molar-refractivity contribution in [3.05, 3.63) is 46.3 Å². The van der Waals surface area contributed by atoms with Crippen molar-refractivity contribution in [2.45, 2.75) is 13.3 Å². The lowest BCUT2D eigenvalue weighted by atomic mass is 10.3. The van der Waals surface area contributed by atoms with E-state index in [1.54, 1.807) is 0 Å². The molecule has 0 saturated carbocycles. The largest absolute Gasteiger partial charge is 0.370 e. The maximum absolute atomic E-state index is 11.7. The summed E-state index contributed by atoms with van der Waals surface area (Å²) in [5.74, 6) is 0.883. The van der Waals surface area contributed by atoms with E-state index in [1.807, 2.05) is 42.6 Å². The average molecular weight is 275 g/mol. The smallest absolute Gasteiger partial charge is 0.261 e. The molecule has 5 heteroatoms. The molecule has 0 aliphatic rings. The number of carbonyl (C=O) groups is 1. The molecule has 2 aromatic rings. The summed E-state index contributed by atoms with van der Waals surface area (Å²) < 4.78 is 0. The van der Waals surface area contributed by atoms with Crippen LogP contribution in [-0.2, 0) is 0 Å². The van der Waals surface area contributed by atoms with Crippen LogP contribution < -0.4 is 10.6 Å². The van der Waals surface area contributed by atoms with Gasteiger partial charge in [-0.3, -0.25) is 4.79 Å². The molecule has 0 fully saturated rings. The van der Waals surface area contributed by atoms with Crippen molar-refractivity contribution in [3.8, 4) is 0 Å². The molecule has 2 heterocycles. The van der Waals surface area contributed by atoms with E-state index in [-0.39, 0.29) is 5.91 Å². The van der Waals surface area contributed by atoms with Crippen molar-refractivity contribution in [3.63, 3.8) is 0 Å². The van der Waals surface area contributed by atoms with Gasteiger partial charge in [-0.05, 0) is 36.9 Å². The van der Waals surface area contributed by atoms with Gasteiger partial charge in [0.15, 0.2) is 0 Å². The van der Waals surface area contributed by atoms with Crippen molar-refractivity contribution in [2.75, 3.05) is 18.4 Å². The summed E-state index contributed by atoms with van der Waals surface area (Å²) in [5.41, 5.74) is 0.996. The standard InChI is InChI=1S/C14H17N3OS/c1-11-5-2-7-13(17-11)15-8-4-9-16-14(18)12-6-3-10-19-12/h2-3,5-7,10H,4,8-9H2,1H3,(H,15,17)(H,16,18). The van der Waals surface area contributed by atoms with Gasteiger partial charge in [0.25, 0.3) is 5.91 Å². The summed E-state index contributed by atoms with van der Waals surface area (Å²) in [4.78, 5) is 16.8. The van der Waals surface area contributed by atoms with Gasteiger partial charge in [0.1, 0.15) is 5.82 Å². The van der Waals surface area contributed by atoms with Crippen molar-refractivity contribution < 1.29 is 4.79 Å². The Morgan fingerprint density at radius 2 is 2.16 bits per heavy atom. The number of hydrogen-bond donors (Lipinski definition) is 2. The summed E-state index contributed by atoms with van der Waals surface area (Å²) in [6.45, 7) is 3.42. The highest BCUT2D eigenvalue weighted by molar-refractivity contribution is 7.12. The van der Waals surface area contributed by atoms with Crippen LogP contribution in [0.2, 0.25) is 0 Å². The fourth-order valence-electron chi connectivity index (χ4n) is 1.64. The van der Waals surface area contributed by atoms with Gasteiger partial charge in [0.2, 0.25) is 0 Å². The maximum Gasteiger partial charge on any atom is 0.261 e. The van der Waals surface area contributed by atoms with Gasteiger partial charge < -0.3 is 10.6 Å². The highest BCUT2D eigenvalue weighted by Gasteiger charge is 2.04. The Hall–Kier alpha value is -1.88. The van der Waals surface area contributed by atoms with Crippen LogP contribution in [0.3, 0.4) is 0 Å². The van der Waals surface area contributed by atoms with E-state index in [2.05, 4.69) is 15.6 Å². The van der Waals surface area contributed by atoms with Crippen LogP contribution in [0.4, 0.5) is 5.82 Å². The van der Waals surface area contributed by atoms with Gasteiger partial charge in [0.05, 0.1) is 4.88 Å². The molecule has 4 nitrogen and oxygen atoms in total. The van der Waals surface area contributed by atoms with Gasteiger partial charge in [-0.2, -0.15) is 0 Å². The van der Waals surface area contributed by atoms with Crippen LogP contribution in [0, 0.1) is 6.92 Å². The summed E-state index contributed by atoms with van der Waals surface area (Å²) in [6.07, 6.45) is 0.868. The highest BCUT2D eigenvalue weighted by Crippen LogP contribution is 2.07. The number of thiophene rings is 1. The lowest BCUT2D eigenvalue weighted by Gasteiger charge is -2.06. The number of amides is 1. The second-order valence-electron chi connectivity index (χ2n) is 4.18. The van der Waals surface area contributed by atoms with E-state index in [0.29, 0.717) is 6.54 Å². The fourth-order valence-corrected chi connectivity index (χ4v) is 2.28. The normalized spacial score (nSPS) is 10.2. The number of pyridine rings is 1. The lowest BCUT2D eigenvalue weighted by molar-refractivity contribution is 0.0957. The molecule has 1 amide bonds. The number of aromatic nitrogens is 1. The molecule has 0 atom stereocenters. The van der Waals surface area contributed by atoms with Gasteiger partial charge in [-0.25, -0.2) is 4.98 Å². The first-order chi connectivity index (χ1) is 9.25. The average Bonchev–Trinajstić information content (AvgIpc) is 2.92. The quantitative estimate of drug-likeness (QED) is 0.797. The zero-order valence-corrected chi connectivity index (χ0v) is 11.7. The Morgan fingerprint density at radius 3 is 2.89 bits per heavy atom. The molecule has 0 spiro atoms. The SMILES string of the molecule is Cc1cccc(NCCCNC(=O)c2cccs2)n1. The Bertz CT molecular complexity index is 525. The molecule has 0 aromatic carbocycles. The predicted molar refractivity (Wildman–Crippen MR) is 78.7 cm³/mol. The molecule has 0 aliphatic carbocycles. The highest BCUT2D eigenvalue weighted by atomic mass is 32.1. The van der Waals surface area contributed by atoms with E-state index in [0.717, 1.165) is 29.4 Å². The van der Waals surface area contributed by atoms with Crippen LogP contribution >= 0.6 is 11.3 Å². The van der Waals surface area contributed by atoms with E-state index >= 15 is 0 Å². The summed E-state index contributed by atoms with van der Waals surface area (Å²) in [7, 11) is 0. The number of carbonyl (C=O) groups excluding carboxylic acids is 1. The fraction of sp³-hybridized carbons (Fsp3) is 0.286. The van der Waals surface area contributed by atoms with Gasteiger partial charge in [-0.15, -0.1) is 11.3 Å². The summed E-state index contributed by atoms with van der Waals surface area (Å²) in [6, 6.07) is 9.59. The molecule has 2 N–H and O–H groups in total. The minimum Gasteiger partial charge on any atom is -0.370 e. The molecule has 0 unspecified atom stereocenters. The number of nitrogens with one attached hydrogen (secondary N) is 2. The topological polar surface area (TPSA) is 54.0 Å². The van der Waals surface area contributed by atoms with Crippen molar-refractivity contribution in [1.82, 2.24) is 10.3 Å².